The van der Waals surface area contributed by atoms with Crippen LogP contribution in [-0.4, -0.2) is 58.9 Å². The van der Waals surface area contributed by atoms with Crippen LogP contribution in [0.3, 0.4) is 0 Å². The van der Waals surface area contributed by atoms with E-state index in [0.717, 1.165) is 61.4 Å². The Balaban J connectivity index is 1.49. The first-order chi connectivity index (χ1) is 15.1. The number of aliphatic imine (C=N–C) groups is 1. The maximum Gasteiger partial charge on any atom is 0.191 e. The fourth-order valence-electron chi connectivity index (χ4n) is 3.86. The van der Waals surface area contributed by atoms with Crippen molar-refractivity contribution < 1.29 is 14.2 Å². The van der Waals surface area contributed by atoms with Gasteiger partial charge in [0, 0.05) is 45.3 Å². The molecule has 0 saturated heterocycles. The van der Waals surface area contributed by atoms with Crippen LogP contribution in [-0.2, 0) is 19.5 Å². The summed E-state index contributed by atoms with van der Waals surface area (Å²) >= 11 is 0. The average molecular weight is 427 g/mol. The quantitative estimate of drug-likeness (QED) is 0.500. The van der Waals surface area contributed by atoms with Gasteiger partial charge in [-0.1, -0.05) is 12.1 Å². The molecule has 0 bridgehead atoms. The summed E-state index contributed by atoms with van der Waals surface area (Å²) in [5.41, 5.74) is 4.93. The zero-order chi connectivity index (χ0) is 22.2. The third-order valence-electron chi connectivity index (χ3n) is 5.63. The summed E-state index contributed by atoms with van der Waals surface area (Å²) in [5, 5.41) is 6.78. The SMILES string of the molecule is CN=C(NCCN1CCc2cc(OC)c(OC)cc2C1)NCc1ccc(C)cc1OC. The van der Waals surface area contributed by atoms with E-state index in [9.17, 15) is 0 Å². The lowest BCUT2D eigenvalue weighted by atomic mass is 9.99. The van der Waals surface area contributed by atoms with Crippen LogP contribution in [0.25, 0.3) is 0 Å². The van der Waals surface area contributed by atoms with Crippen molar-refractivity contribution in [3.05, 3.63) is 52.6 Å². The molecule has 0 amide bonds. The van der Waals surface area contributed by atoms with Crippen molar-refractivity contribution >= 4 is 5.96 Å². The van der Waals surface area contributed by atoms with Crippen LogP contribution in [0.4, 0.5) is 0 Å². The van der Waals surface area contributed by atoms with Gasteiger partial charge in [0.1, 0.15) is 5.75 Å². The van der Waals surface area contributed by atoms with Crippen LogP contribution in [0.5, 0.6) is 17.2 Å². The van der Waals surface area contributed by atoms with Gasteiger partial charge in [0.05, 0.1) is 21.3 Å². The second-order valence-corrected chi connectivity index (χ2v) is 7.67. The second-order valence-electron chi connectivity index (χ2n) is 7.67. The molecule has 7 heteroatoms. The van der Waals surface area contributed by atoms with E-state index in [1.807, 2.05) is 6.07 Å². The van der Waals surface area contributed by atoms with E-state index in [4.69, 9.17) is 14.2 Å². The average Bonchev–Trinajstić information content (AvgIpc) is 2.80. The summed E-state index contributed by atoms with van der Waals surface area (Å²) in [6.07, 6.45) is 1.01. The molecule has 1 aliphatic heterocycles. The van der Waals surface area contributed by atoms with Crippen molar-refractivity contribution in [2.75, 3.05) is 48.0 Å². The number of nitrogens with one attached hydrogen (secondary N) is 2. The molecule has 168 valence electrons. The number of nitrogens with zero attached hydrogens (tertiary/aromatic N) is 2. The van der Waals surface area contributed by atoms with Crippen LogP contribution >= 0.6 is 0 Å². The number of aryl methyl sites for hydroxylation is 1. The molecule has 7 nitrogen and oxygen atoms in total. The molecule has 0 spiro atoms. The molecule has 0 radical (unpaired) electrons. The second kappa shape index (κ2) is 10.9. The lowest BCUT2D eigenvalue weighted by Gasteiger charge is -2.29. The summed E-state index contributed by atoms with van der Waals surface area (Å²) in [6, 6.07) is 10.4. The molecule has 0 fully saturated rings. The van der Waals surface area contributed by atoms with E-state index >= 15 is 0 Å². The summed E-state index contributed by atoms with van der Waals surface area (Å²) in [6.45, 7) is 6.39. The van der Waals surface area contributed by atoms with Gasteiger partial charge in [-0.3, -0.25) is 9.89 Å². The number of ether oxygens (including phenoxy) is 3. The molecule has 0 aliphatic carbocycles. The van der Waals surface area contributed by atoms with Gasteiger partial charge < -0.3 is 24.8 Å². The number of hydrogen-bond donors (Lipinski definition) is 2. The van der Waals surface area contributed by atoms with Crippen LogP contribution in [0.15, 0.2) is 35.3 Å². The van der Waals surface area contributed by atoms with Crippen molar-refractivity contribution in [3.63, 3.8) is 0 Å². The highest BCUT2D eigenvalue weighted by Crippen LogP contribution is 2.33. The highest BCUT2D eigenvalue weighted by atomic mass is 16.5. The number of rotatable bonds is 8. The summed E-state index contributed by atoms with van der Waals surface area (Å²) in [4.78, 5) is 6.78. The molecule has 31 heavy (non-hydrogen) atoms. The molecule has 1 aliphatic rings. The van der Waals surface area contributed by atoms with E-state index in [0.29, 0.717) is 6.54 Å². The molecule has 0 aromatic heterocycles. The standard InChI is InChI=1S/C24H34N4O3/c1-17-6-7-19(21(12-17)29-3)15-27-24(25-2)26-9-11-28-10-8-18-13-22(30-4)23(31-5)14-20(18)16-28/h6-7,12-14H,8-11,15-16H2,1-5H3,(H2,25,26,27). The van der Waals surface area contributed by atoms with Crippen molar-refractivity contribution in [2.45, 2.75) is 26.4 Å². The lowest BCUT2D eigenvalue weighted by molar-refractivity contribution is 0.256. The van der Waals surface area contributed by atoms with Gasteiger partial charge in [-0.15, -0.1) is 0 Å². The minimum atomic E-state index is 0.655. The minimum Gasteiger partial charge on any atom is -0.496 e. The minimum absolute atomic E-state index is 0.655. The van der Waals surface area contributed by atoms with E-state index < -0.39 is 0 Å². The van der Waals surface area contributed by atoms with E-state index in [-0.39, 0.29) is 0 Å². The van der Waals surface area contributed by atoms with Gasteiger partial charge in [-0.2, -0.15) is 0 Å². The Bertz CT molecular complexity index is 914. The largest absolute Gasteiger partial charge is 0.496 e. The monoisotopic (exact) mass is 426 g/mol. The van der Waals surface area contributed by atoms with Crippen LogP contribution in [0, 0.1) is 6.92 Å². The molecule has 0 saturated carbocycles. The van der Waals surface area contributed by atoms with E-state index in [2.05, 4.69) is 51.7 Å². The topological polar surface area (TPSA) is 67.4 Å². The fraction of sp³-hybridized carbons (Fsp3) is 0.458. The Kier molecular flexibility index (Phi) is 8.00. The molecule has 1 heterocycles. The van der Waals surface area contributed by atoms with Gasteiger partial charge in [0.15, 0.2) is 17.5 Å². The molecular formula is C24H34N4O3. The van der Waals surface area contributed by atoms with Crippen molar-refractivity contribution in [1.29, 1.82) is 0 Å². The number of hydrogen-bond acceptors (Lipinski definition) is 5. The van der Waals surface area contributed by atoms with Crippen molar-refractivity contribution in [3.8, 4) is 17.2 Å². The highest BCUT2D eigenvalue weighted by molar-refractivity contribution is 5.79. The first-order valence-electron chi connectivity index (χ1n) is 10.6. The van der Waals surface area contributed by atoms with Gasteiger partial charge in [0.2, 0.25) is 0 Å². The van der Waals surface area contributed by atoms with Gasteiger partial charge in [-0.05, 0) is 48.2 Å². The zero-order valence-corrected chi connectivity index (χ0v) is 19.2. The molecule has 2 aromatic carbocycles. The Morgan fingerprint density at radius 2 is 1.68 bits per heavy atom. The van der Waals surface area contributed by atoms with Gasteiger partial charge in [0.25, 0.3) is 0 Å². The number of fused-ring (bicyclic) bond motifs is 1. The maximum atomic E-state index is 5.49. The molecular weight excluding hydrogens is 392 g/mol. The summed E-state index contributed by atoms with van der Waals surface area (Å²) in [7, 11) is 6.85. The van der Waals surface area contributed by atoms with Gasteiger partial charge in [-0.25, -0.2) is 0 Å². The predicted octanol–water partition coefficient (Wildman–Crippen LogP) is 2.74. The molecule has 0 unspecified atom stereocenters. The van der Waals surface area contributed by atoms with Crippen molar-refractivity contribution in [2.24, 2.45) is 4.99 Å². The number of methoxy groups -OCH3 is 3. The van der Waals surface area contributed by atoms with Crippen LogP contribution in [0.1, 0.15) is 22.3 Å². The van der Waals surface area contributed by atoms with Gasteiger partial charge >= 0.3 is 0 Å². The van der Waals surface area contributed by atoms with Crippen LogP contribution < -0.4 is 24.8 Å². The zero-order valence-electron chi connectivity index (χ0n) is 19.2. The highest BCUT2D eigenvalue weighted by Gasteiger charge is 2.19. The molecule has 2 aromatic rings. The van der Waals surface area contributed by atoms with E-state index in [1.165, 1.54) is 16.7 Å². The van der Waals surface area contributed by atoms with Crippen LogP contribution in [0.2, 0.25) is 0 Å². The number of guanidine groups is 1. The smallest absolute Gasteiger partial charge is 0.191 e. The summed E-state index contributed by atoms with van der Waals surface area (Å²) in [5.74, 6) is 3.27. The Hall–Kier alpha value is -2.93. The maximum absolute atomic E-state index is 5.49. The first-order valence-corrected chi connectivity index (χ1v) is 10.6. The molecule has 3 rings (SSSR count). The lowest BCUT2D eigenvalue weighted by Crippen LogP contribution is -2.42. The molecule has 0 atom stereocenters. The normalized spacial score (nSPS) is 14.0. The Labute approximate surface area is 185 Å². The fourth-order valence-corrected chi connectivity index (χ4v) is 3.86. The molecule has 2 N–H and O–H groups in total. The Morgan fingerprint density at radius 1 is 0.968 bits per heavy atom. The predicted molar refractivity (Wildman–Crippen MR) is 124 cm³/mol. The Morgan fingerprint density at radius 3 is 2.35 bits per heavy atom. The first kappa shape index (κ1) is 22.7. The number of benzene rings is 2. The third kappa shape index (κ3) is 5.82. The van der Waals surface area contributed by atoms with E-state index in [1.54, 1.807) is 28.4 Å². The summed E-state index contributed by atoms with van der Waals surface area (Å²) < 4.78 is 16.4. The van der Waals surface area contributed by atoms with Crippen molar-refractivity contribution in [1.82, 2.24) is 15.5 Å². The third-order valence-corrected chi connectivity index (χ3v) is 5.63.